The molecule has 3 aliphatic rings. The molecule has 0 aromatic carbocycles. The van der Waals surface area contributed by atoms with Crippen LogP contribution in [-0.4, -0.2) is 79.3 Å². The lowest BCUT2D eigenvalue weighted by Gasteiger charge is -2.33. The highest BCUT2D eigenvalue weighted by Gasteiger charge is 2.36. The third-order valence-electron chi connectivity index (χ3n) is 5.71. The van der Waals surface area contributed by atoms with Crippen molar-refractivity contribution in [2.45, 2.75) is 38.6 Å². The number of likely N-dealkylation sites (tertiary alicyclic amines) is 1. The Hall–Kier alpha value is -2.32. The minimum absolute atomic E-state index is 0.169. The Morgan fingerprint density at radius 1 is 1.31 bits per heavy atom. The first-order valence-electron chi connectivity index (χ1n) is 10.4. The molecule has 0 aromatic rings. The Balaban J connectivity index is 1.52. The molecule has 2 heterocycles. The highest BCUT2D eigenvalue weighted by molar-refractivity contribution is 6.23. The first-order valence-corrected chi connectivity index (χ1v) is 10.4. The molecule has 1 N–H and O–H groups in total. The van der Waals surface area contributed by atoms with Crippen molar-refractivity contribution < 1.29 is 19.1 Å². The lowest BCUT2D eigenvalue weighted by Crippen LogP contribution is -2.47. The number of nitrogens with zero attached hydrogens (tertiary/aromatic N) is 3. The molecule has 8 heteroatoms. The van der Waals surface area contributed by atoms with E-state index in [-0.39, 0.29) is 25.0 Å². The predicted molar refractivity (Wildman–Crippen MR) is 110 cm³/mol. The van der Waals surface area contributed by atoms with Gasteiger partial charge in [0, 0.05) is 31.8 Å². The molecule has 2 atom stereocenters. The Bertz CT molecular complexity index is 743. The summed E-state index contributed by atoms with van der Waals surface area (Å²) >= 11 is 0. The molecule has 158 valence electrons. The molecule has 0 saturated carbocycles. The standard InChI is InChI=1S/C21H30N4O4/c1-15-6-3-4-10-24(15)11-5-9-22-19(26)16-7-8-17-18(14-16)23-21(28)25(20(17)27)12-13-29-2/h7-8,14-15,17H,3-6,9-13H2,1-2H3,(H,22,26). The smallest absolute Gasteiger partial charge is 0.350 e. The van der Waals surface area contributed by atoms with E-state index < -0.39 is 11.9 Å². The summed E-state index contributed by atoms with van der Waals surface area (Å²) in [5.74, 6) is -1.17. The Kier molecular flexibility index (Phi) is 7.33. The van der Waals surface area contributed by atoms with Gasteiger partial charge in [0.25, 0.3) is 5.91 Å². The molecule has 0 aromatic heterocycles. The summed E-state index contributed by atoms with van der Waals surface area (Å²) in [7, 11) is 1.51. The molecule has 0 spiro atoms. The van der Waals surface area contributed by atoms with Gasteiger partial charge in [0.2, 0.25) is 5.91 Å². The molecule has 29 heavy (non-hydrogen) atoms. The van der Waals surface area contributed by atoms with E-state index in [4.69, 9.17) is 4.74 Å². The second-order valence-electron chi connectivity index (χ2n) is 7.73. The second-order valence-corrected chi connectivity index (χ2v) is 7.73. The van der Waals surface area contributed by atoms with Crippen molar-refractivity contribution in [1.29, 1.82) is 0 Å². The van der Waals surface area contributed by atoms with Crippen LogP contribution in [0.1, 0.15) is 32.6 Å². The minimum atomic E-state index is -0.623. The summed E-state index contributed by atoms with van der Waals surface area (Å²) in [6, 6.07) is 0.00321. The molecular formula is C21H30N4O4. The first kappa shape index (κ1) is 21.4. The maximum atomic E-state index is 12.5. The maximum absolute atomic E-state index is 12.5. The zero-order chi connectivity index (χ0) is 20.8. The highest BCUT2D eigenvalue weighted by Crippen LogP contribution is 2.22. The lowest BCUT2D eigenvalue weighted by atomic mass is 9.91. The first-order chi connectivity index (χ1) is 14.0. The fourth-order valence-electron chi connectivity index (χ4n) is 3.94. The molecule has 0 bridgehead atoms. The zero-order valence-electron chi connectivity index (χ0n) is 17.2. The van der Waals surface area contributed by atoms with E-state index in [0.717, 1.165) is 24.4 Å². The van der Waals surface area contributed by atoms with Crippen LogP contribution in [0.4, 0.5) is 4.79 Å². The van der Waals surface area contributed by atoms with Gasteiger partial charge in [0.1, 0.15) is 0 Å². The predicted octanol–water partition coefficient (Wildman–Crippen LogP) is 1.53. The topological polar surface area (TPSA) is 91.3 Å². The van der Waals surface area contributed by atoms with Crippen LogP contribution in [0.25, 0.3) is 0 Å². The number of nitrogens with one attached hydrogen (secondary N) is 1. The summed E-state index contributed by atoms with van der Waals surface area (Å²) in [5.41, 5.74) is 0.737. The van der Waals surface area contributed by atoms with Crippen LogP contribution in [0.3, 0.4) is 0 Å². The number of amides is 4. The number of methoxy groups -OCH3 is 1. The summed E-state index contributed by atoms with van der Waals surface area (Å²) < 4.78 is 4.94. The van der Waals surface area contributed by atoms with Crippen molar-refractivity contribution in [2.75, 3.05) is 39.9 Å². The van der Waals surface area contributed by atoms with Crippen molar-refractivity contribution in [3.05, 3.63) is 23.8 Å². The number of carbonyl (C=O) groups excluding carboxylic acids is 3. The number of aliphatic imine (C=N–C) groups is 1. The molecule has 2 aliphatic heterocycles. The number of piperidine rings is 1. The van der Waals surface area contributed by atoms with Crippen LogP contribution in [0.2, 0.25) is 0 Å². The van der Waals surface area contributed by atoms with Crippen molar-refractivity contribution in [3.63, 3.8) is 0 Å². The number of hydrogen-bond donors (Lipinski definition) is 1. The molecular weight excluding hydrogens is 372 g/mol. The average Bonchev–Trinajstić information content (AvgIpc) is 2.71. The highest BCUT2D eigenvalue weighted by atomic mass is 16.5. The monoisotopic (exact) mass is 402 g/mol. The summed E-state index contributed by atoms with van der Waals surface area (Å²) in [6.45, 7) is 5.39. The van der Waals surface area contributed by atoms with Crippen LogP contribution in [0.15, 0.2) is 28.8 Å². The molecule has 8 nitrogen and oxygen atoms in total. The second kappa shape index (κ2) is 9.93. The number of urea groups is 1. The number of allylic oxidation sites excluding steroid dienone is 1. The van der Waals surface area contributed by atoms with Crippen molar-refractivity contribution >= 4 is 23.6 Å². The summed E-state index contributed by atoms with van der Waals surface area (Å²) in [6.07, 6.45) is 9.49. The van der Waals surface area contributed by atoms with Crippen LogP contribution >= 0.6 is 0 Å². The van der Waals surface area contributed by atoms with E-state index in [9.17, 15) is 14.4 Å². The quantitative estimate of drug-likeness (QED) is 0.622. The number of hydrogen-bond acceptors (Lipinski definition) is 5. The lowest BCUT2D eigenvalue weighted by molar-refractivity contribution is -0.130. The average molecular weight is 402 g/mol. The molecule has 1 saturated heterocycles. The number of fused-ring (bicyclic) bond motifs is 1. The summed E-state index contributed by atoms with van der Waals surface area (Å²) in [5, 5.41) is 2.92. The molecule has 3 rings (SSSR count). The fourth-order valence-corrected chi connectivity index (χ4v) is 3.94. The van der Waals surface area contributed by atoms with Gasteiger partial charge >= 0.3 is 6.03 Å². The number of ether oxygens (including phenoxy) is 1. The van der Waals surface area contributed by atoms with Crippen molar-refractivity contribution in [1.82, 2.24) is 15.1 Å². The van der Waals surface area contributed by atoms with Crippen LogP contribution in [0.5, 0.6) is 0 Å². The number of carbonyl (C=O) groups is 3. The molecule has 4 amide bonds. The number of rotatable bonds is 8. The van der Waals surface area contributed by atoms with E-state index in [2.05, 4.69) is 22.1 Å². The van der Waals surface area contributed by atoms with Gasteiger partial charge in [0.05, 0.1) is 24.8 Å². The van der Waals surface area contributed by atoms with E-state index in [1.54, 1.807) is 12.2 Å². The van der Waals surface area contributed by atoms with Gasteiger partial charge in [-0.2, -0.15) is 4.99 Å². The Morgan fingerprint density at radius 3 is 2.90 bits per heavy atom. The van der Waals surface area contributed by atoms with E-state index in [1.165, 1.54) is 32.4 Å². The van der Waals surface area contributed by atoms with Crippen LogP contribution in [-0.2, 0) is 14.3 Å². The van der Waals surface area contributed by atoms with E-state index in [0.29, 0.717) is 23.9 Å². The van der Waals surface area contributed by atoms with Gasteiger partial charge < -0.3 is 15.0 Å². The van der Waals surface area contributed by atoms with Crippen LogP contribution in [0, 0.1) is 5.92 Å². The SMILES string of the molecule is COCCN1C(=O)N=C2C=C(C(=O)NCCCN3CCCCC3C)C=CC2C1=O. The minimum Gasteiger partial charge on any atom is -0.383 e. The molecule has 0 radical (unpaired) electrons. The third-order valence-corrected chi connectivity index (χ3v) is 5.71. The largest absolute Gasteiger partial charge is 0.383 e. The van der Waals surface area contributed by atoms with Crippen molar-refractivity contribution in [3.8, 4) is 0 Å². The van der Waals surface area contributed by atoms with Crippen molar-refractivity contribution in [2.24, 2.45) is 10.9 Å². The third kappa shape index (κ3) is 5.19. The number of imide groups is 1. The van der Waals surface area contributed by atoms with Gasteiger partial charge in [-0.3, -0.25) is 14.5 Å². The Morgan fingerprint density at radius 2 is 2.14 bits per heavy atom. The maximum Gasteiger partial charge on any atom is 0.350 e. The molecule has 1 aliphatic carbocycles. The van der Waals surface area contributed by atoms with Crippen LogP contribution < -0.4 is 5.32 Å². The normalized spacial score (nSPS) is 24.8. The van der Waals surface area contributed by atoms with Gasteiger partial charge in [0.15, 0.2) is 0 Å². The van der Waals surface area contributed by atoms with Gasteiger partial charge in [-0.15, -0.1) is 0 Å². The van der Waals surface area contributed by atoms with E-state index >= 15 is 0 Å². The van der Waals surface area contributed by atoms with E-state index in [1.807, 2.05) is 0 Å². The van der Waals surface area contributed by atoms with Gasteiger partial charge in [-0.1, -0.05) is 18.6 Å². The zero-order valence-corrected chi connectivity index (χ0v) is 17.2. The fraction of sp³-hybridized carbons (Fsp3) is 0.619. The Labute approximate surface area is 171 Å². The summed E-state index contributed by atoms with van der Waals surface area (Å²) in [4.78, 5) is 44.7. The van der Waals surface area contributed by atoms with Gasteiger partial charge in [-0.05, 0) is 38.8 Å². The van der Waals surface area contributed by atoms with Gasteiger partial charge in [-0.25, -0.2) is 4.79 Å². The molecule has 1 fully saturated rings. The molecule has 2 unspecified atom stereocenters.